The molecule has 1 aromatic carbocycles. The number of nitrogens with one attached hydrogen (secondary N) is 1. The lowest BCUT2D eigenvalue weighted by Gasteiger charge is -2.19. The Bertz CT molecular complexity index is 639. The van der Waals surface area contributed by atoms with Gasteiger partial charge in [0.1, 0.15) is 5.60 Å². The van der Waals surface area contributed by atoms with E-state index in [1.54, 1.807) is 20.8 Å². The number of alkyl carbamates (subject to hydrolysis) is 1. The molecule has 4 nitrogen and oxygen atoms in total. The summed E-state index contributed by atoms with van der Waals surface area (Å²) in [6, 6.07) is 2.90. The van der Waals surface area contributed by atoms with Crippen LogP contribution in [0.5, 0.6) is 5.75 Å². The molecule has 0 atom stereocenters. The third kappa shape index (κ3) is 8.27. The molecule has 0 aliphatic carbocycles. The summed E-state index contributed by atoms with van der Waals surface area (Å²) < 4.78 is 58.0. The van der Waals surface area contributed by atoms with Crippen LogP contribution in [0.1, 0.15) is 32.8 Å². The number of hydrogen-bond donors (Lipinski definition) is 1. The van der Waals surface area contributed by atoms with Crippen molar-refractivity contribution in [1.82, 2.24) is 5.32 Å². The lowest BCUT2D eigenvalue weighted by Crippen LogP contribution is -2.32. The van der Waals surface area contributed by atoms with Gasteiger partial charge in [-0.25, -0.2) is 9.18 Å². The Balaban J connectivity index is 2.50. The third-order valence-corrected chi connectivity index (χ3v) is 2.31. The molecule has 0 heterocycles. The molecule has 0 saturated heterocycles. The Morgan fingerprint density at radius 1 is 1.25 bits per heavy atom. The van der Waals surface area contributed by atoms with Crippen LogP contribution < -0.4 is 10.1 Å². The summed E-state index contributed by atoms with van der Waals surface area (Å²) in [5.41, 5.74) is -0.410. The molecular formula is C16H17F4NO3. The Hall–Kier alpha value is -2.43. The van der Waals surface area contributed by atoms with Crippen LogP contribution in [0.15, 0.2) is 18.2 Å². The molecule has 1 N–H and O–H groups in total. The molecule has 0 bridgehead atoms. The van der Waals surface area contributed by atoms with E-state index in [9.17, 15) is 22.4 Å². The Labute approximate surface area is 137 Å². The Kier molecular flexibility index (Phi) is 6.46. The molecule has 0 aliphatic heterocycles. The topological polar surface area (TPSA) is 47.6 Å². The van der Waals surface area contributed by atoms with E-state index < -0.39 is 29.6 Å². The summed E-state index contributed by atoms with van der Waals surface area (Å²) in [6.07, 6.45) is -5.27. The monoisotopic (exact) mass is 347 g/mol. The number of carbonyl (C=O) groups is 1. The van der Waals surface area contributed by atoms with Gasteiger partial charge in [0.15, 0.2) is 11.6 Å². The van der Waals surface area contributed by atoms with E-state index in [1.165, 1.54) is 6.07 Å². The van der Waals surface area contributed by atoms with Gasteiger partial charge in [-0.15, -0.1) is 13.2 Å². The number of alkyl halides is 3. The van der Waals surface area contributed by atoms with Crippen molar-refractivity contribution in [3.8, 4) is 17.6 Å². The number of ether oxygens (including phenoxy) is 2. The van der Waals surface area contributed by atoms with Gasteiger partial charge in [0.05, 0.1) is 0 Å². The van der Waals surface area contributed by atoms with Gasteiger partial charge in [-0.3, -0.25) is 0 Å². The van der Waals surface area contributed by atoms with Gasteiger partial charge < -0.3 is 14.8 Å². The maximum atomic E-state index is 13.5. The van der Waals surface area contributed by atoms with Crippen LogP contribution >= 0.6 is 0 Å². The molecular weight excluding hydrogens is 330 g/mol. The van der Waals surface area contributed by atoms with Gasteiger partial charge in [-0.05, 0) is 39.0 Å². The lowest BCUT2D eigenvalue weighted by atomic mass is 10.2. The summed E-state index contributed by atoms with van der Waals surface area (Å²) >= 11 is 0. The first-order valence-electron chi connectivity index (χ1n) is 6.97. The highest BCUT2D eigenvalue weighted by Gasteiger charge is 2.32. The number of benzene rings is 1. The number of rotatable bonds is 3. The van der Waals surface area contributed by atoms with Gasteiger partial charge in [0.25, 0.3) is 0 Å². The fourth-order valence-electron chi connectivity index (χ4n) is 1.49. The van der Waals surface area contributed by atoms with Crippen LogP contribution in [0.3, 0.4) is 0 Å². The first-order chi connectivity index (χ1) is 11.0. The summed E-state index contributed by atoms with van der Waals surface area (Å²) in [7, 11) is 0. The molecule has 24 heavy (non-hydrogen) atoms. The van der Waals surface area contributed by atoms with Crippen LogP contribution in [0, 0.1) is 17.7 Å². The minimum Gasteiger partial charge on any atom is -0.444 e. The quantitative estimate of drug-likeness (QED) is 0.511. The van der Waals surface area contributed by atoms with Gasteiger partial charge in [-0.2, -0.15) is 0 Å². The molecule has 1 rings (SSSR count). The van der Waals surface area contributed by atoms with Crippen molar-refractivity contribution in [3.63, 3.8) is 0 Å². The van der Waals surface area contributed by atoms with Crippen LogP contribution in [0.2, 0.25) is 0 Å². The average molecular weight is 347 g/mol. The zero-order valence-electron chi connectivity index (χ0n) is 13.4. The largest absolute Gasteiger partial charge is 0.573 e. The van der Waals surface area contributed by atoms with Gasteiger partial charge >= 0.3 is 12.5 Å². The predicted molar refractivity (Wildman–Crippen MR) is 78.8 cm³/mol. The molecule has 0 radical (unpaired) electrons. The predicted octanol–water partition coefficient (Wildman–Crippen LogP) is 3.99. The molecule has 0 aromatic heterocycles. The summed E-state index contributed by atoms with van der Waals surface area (Å²) in [4.78, 5) is 11.4. The van der Waals surface area contributed by atoms with Crippen LogP contribution in [0.4, 0.5) is 22.4 Å². The minimum absolute atomic E-state index is 0.194. The van der Waals surface area contributed by atoms with Gasteiger partial charge in [-0.1, -0.05) is 11.8 Å². The second-order valence-corrected chi connectivity index (χ2v) is 5.67. The van der Waals surface area contributed by atoms with Crippen molar-refractivity contribution in [2.24, 2.45) is 0 Å². The normalized spacial score (nSPS) is 11.3. The smallest absolute Gasteiger partial charge is 0.444 e. The maximum Gasteiger partial charge on any atom is 0.573 e. The molecule has 0 unspecified atom stereocenters. The first-order valence-corrected chi connectivity index (χ1v) is 6.97. The molecule has 1 aromatic rings. The van der Waals surface area contributed by atoms with Gasteiger partial charge in [0, 0.05) is 18.5 Å². The minimum atomic E-state index is -4.96. The second kappa shape index (κ2) is 7.90. The first kappa shape index (κ1) is 19.6. The van der Waals surface area contributed by atoms with Crippen LogP contribution in [-0.4, -0.2) is 24.6 Å². The van der Waals surface area contributed by atoms with E-state index in [1.807, 2.05) is 0 Å². The van der Waals surface area contributed by atoms with E-state index in [2.05, 4.69) is 21.9 Å². The number of hydrogen-bond acceptors (Lipinski definition) is 3. The summed E-state index contributed by atoms with van der Waals surface area (Å²) in [6.45, 7) is 5.41. The second-order valence-electron chi connectivity index (χ2n) is 5.67. The van der Waals surface area contributed by atoms with Crippen molar-refractivity contribution in [3.05, 3.63) is 29.6 Å². The van der Waals surface area contributed by atoms with E-state index in [0.717, 1.165) is 12.1 Å². The van der Waals surface area contributed by atoms with E-state index >= 15 is 0 Å². The number of carbonyl (C=O) groups excluding carboxylic acids is 1. The molecule has 8 heteroatoms. The highest BCUT2D eigenvalue weighted by Crippen LogP contribution is 2.25. The standard InChI is InChI=1S/C16H17F4NO3/c1-15(2,3)24-14(22)21-9-5-4-6-11-7-8-13(12(17)10-11)23-16(18,19)20/h7-8,10H,5,9H2,1-3H3,(H,21,22). The highest BCUT2D eigenvalue weighted by molar-refractivity contribution is 5.67. The maximum absolute atomic E-state index is 13.5. The SMILES string of the molecule is CC(C)(C)OC(=O)NCCC#Cc1ccc(OC(F)(F)F)c(F)c1. The van der Waals surface area contributed by atoms with E-state index in [-0.39, 0.29) is 18.5 Å². The number of halogens is 4. The molecule has 0 spiro atoms. The molecule has 0 saturated carbocycles. The zero-order chi connectivity index (χ0) is 18.4. The summed E-state index contributed by atoms with van der Waals surface area (Å²) in [5.74, 6) is 3.17. The van der Waals surface area contributed by atoms with Crippen molar-refractivity contribution >= 4 is 6.09 Å². The Morgan fingerprint density at radius 2 is 1.92 bits per heavy atom. The fourth-order valence-corrected chi connectivity index (χ4v) is 1.49. The van der Waals surface area contributed by atoms with Gasteiger partial charge in [0.2, 0.25) is 0 Å². The van der Waals surface area contributed by atoms with Crippen molar-refractivity contribution in [1.29, 1.82) is 0 Å². The highest BCUT2D eigenvalue weighted by atomic mass is 19.4. The van der Waals surface area contributed by atoms with E-state index in [4.69, 9.17) is 4.74 Å². The average Bonchev–Trinajstić information content (AvgIpc) is 2.38. The fraction of sp³-hybridized carbons (Fsp3) is 0.438. The summed E-state index contributed by atoms with van der Waals surface area (Å²) in [5, 5.41) is 2.49. The Morgan fingerprint density at radius 3 is 2.46 bits per heavy atom. The number of amides is 1. The van der Waals surface area contributed by atoms with Crippen LogP contribution in [-0.2, 0) is 4.74 Å². The molecule has 132 valence electrons. The zero-order valence-corrected chi connectivity index (χ0v) is 13.4. The molecule has 0 aliphatic rings. The molecule has 0 fully saturated rings. The van der Waals surface area contributed by atoms with Crippen LogP contribution in [0.25, 0.3) is 0 Å². The van der Waals surface area contributed by atoms with E-state index in [0.29, 0.717) is 0 Å². The van der Waals surface area contributed by atoms with Crippen molar-refractivity contribution < 1.29 is 31.8 Å². The van der Waals surface area contributed by atoms with Crippen molar-refractivity contribution in [2.45, 2.75) is 39.2 Å². The van der Waals surface area contributed by atoms with Crippen molar-refractivity contribution in [2.75, 3.05) is 6.54 Å². The third-order valence-electron chi connectivity index (χ3n) is 2.31. The molecule has 1 amide bonds. The lowest BCUT2D eigenvalue weighted by molar-refractivity contribution is -0.275.